The van der Waals surface area contributed by atoms with Crippen LogP contribution in [0, 0.1) is 11.3 Å². The van der Waals surface area contributed by atoms with Crippen molar-refractivity contribution in [1.29, 1.82) is 5.26 Å². The van der Waals surface area contributed by atoms with Crippen molar-refractivity contribution in [2.75, 3.05) is 7.11 Å². The minimum absolute atomic E-state index is 0.0170. The second kappa shape index (κ2) is 7.48. The summed E-state index contributed by atoms with van der Waals surface area (Å²) in [6.07, 6.45) is -0.0387. The molecule has 7 nitrogen and oxygen atoms in total. The number of nitrogens with zero attached hydrogens (tertiary/aromatic N) is 1. The van der Waals surface area contributed by atoms with Crippen LogP contribution >= 0.6 is 0 Å². The van der Waals surface area contributed by atoms with Gasteiger partial charge in [-0.1, -0.05) is 18.2 Å². The van der Waals surface area contributed by atoms with Crippen LogP contribution < -0.4 is 25.4 Å². The molecule has 1 aliphatic heterocycles. The van der Waals surface area contributed by atoms with Crippen molar-refractivity contribution in [2.24, 2.45) is 5.73 Å². The van der Waals surface area contributed by atoms with E-state index in [2.05, 4.69) is 6.07 Å². The molecule has 2 heterocycles. The molecule has 152 valence electrons. The Bertz CT molecular complexity index is 1270. The van der Waals surface area contributed by atoms with Crippen LogP contribution in [-0.2, 0) is 0 Å². The highest BCUT2D eigenvalue weighted by Gasteiger charge is 2.36. The molecule has 0 radical (unpaired) electrons. The average Bonchev–Trinajstić information content (AvgIpc) is 2.74. The number of allylic oxidation sites excluding steroid dienone is 1. The summed E-state index contributed by atoms with van der Waals surface area (Å²) in [5.41, 5.74) is 6.88. The van der Waals surface area contributed by atoms with Gasteiger partial charge in [0.05, 0.1) is 24.5 Å². The van der Waals surface area contributed by atoms with Crippen molar-refractivity contribution in [3.8, 4) is 23.3 Å². The average molecular weight is 404 g/mol. The summed E-state index contributed by atoms with van der Waals surface area (Å²) in [5.74, 6) is 0.421. The van der Waals surface area contributed by atoms with E-state index in [1.165, 1.54) is 7.11 Å². The van der Waals surface area contributed by atoms with Crippen LogP contribution in [0.1, 0.15) is 31.1 Å². The summed E-state index contributed by atoms with van der Waals surface area (Å²) in [7, 11) is 1.53. The van der Waals surface area contributed by atoms with E-state index in [-0.39, 0.29) is 34.5 Å². The van der Waals surface area contributed by atoms with Gasteiger partial charge in [-0.3, -0.25) is 4.79 Å². The zero-order valence-electron chi connectivity index (χ0n) is 16.8. The highest BCUT2D eigenvalue weighted by Crippen LogP contribution is 2.43. The molecule has 0 saturated carbocycles. The van der Waals surface area contributed by atoms with Crippen LogP contribution in [-0.4, -0.2) is 13.2 Å². The maximum Gasteiger partial charge on any atom is 0.235 e. The summed E-state index contributed by atoms with van der Waals surface area (Å²) in [5, 5.41) is 10.1. The molecular weight excluding hydrogens is 384 g/mol. The van der Waals surface area contributed by atoms with Crippen molar-refractivity contribution in [3.63, 3.8) is 0 Å². The first-order valence-electron chi connectivity index (χ1n) is 9.42. The molecule has 1 unspecified atom stereocenters. The molecule has 7 heteroatoms. The van der Waals surface area contributed by atoms with Gasteiger partial charge in [0.1, 0.15) is 17.2 Å². The second-order valence-electron chi connectivity index (χ2n) is 7.12. The monoisotopic (exact) mass is 404 g/mol. The number of ether oxygens (including phenoxy) is 3. The number of benzene rings is 2. The van der Waals surface area contributed by atoms with Gasteiger partial charge in [0.25, 0.3) is 0 Å². The van der Waals surface area contributed by atoms with Gasteiger partial charge in [-0.05, 0) is 43.7 Å². The molecule has 3 aromatic rings. The zero-order valence-corrected chi connectivity index (χ0v) is 16.8. The Kier molecular flexibility index (Phi) is 4.84. The SMILES string of the molecule is COc1cc(C2C(C#N)=C(N)Oc3c2oc2ccccc2c3=O)ccc1OC(C)C. The number of para-hydroxylation sites is 1. The van der Waals surface area contributed by atoms with E-state index in [9.17, 15) is 10.1 Å². The van der Waals surface area contributed by atoms with Gasteiger partial charge in [-0.15, -0.1) is 0 Å². The highest BCUT2D eigenvalue weighted by molar-refractivity contribution is 5.78. The zero-order chi connectivity index (χ0) is 21.4. The third-order valence-corrected chi connectivity index (χ3v) is 4.81. The number of fused-ring (bicyclic) bond motifs is 2. The van der Waals surface area contributed by atoms with Crippen LogP contribution in [0.15, 0.2) is 63.1 Å². The number of hydrogen-bond donors (Lipinski definition) is 1. The van der Waals surface area contributed by atoms with Crippen LogP contribution in [0.5, 0.6) is 17.2 Å². The fourth-order valence-corrected chi connectivity index (χ4v) is 3.52. The van der Waals surface area contributed by atoms with Gasteiger partial charge < -0.3 is 24.4 Å². The molecule has 0 aliphatic carbocycles. The first-order chi connectivity index (χ1) is 14.4. The van der Waals surface area contributed by atoms with Crippen molar-refractivity contribution >= 4 is 11.0 Å². The molecule has 2 aromatic carbocycles. The highest BCUT2D eigenvalue weighted by atomic mass is 16.5. The van der Waals surface area contributed by atoms with Gasteiger partial charge in [0.2, 0.25) is 17.1 Å². The van der Waals surface area contributed by atoms with E-state index >= 15 is 0 Å². The van der Waals surface area contributed by atoms with Crippen molar-refractivity contribution in [3.05, 3.63) is 75.5 Å². The van der Waals surface area contributed by atoms with Crippen LogP contribution in [0.2, 0.25) is 0 Å². The first-order valence-corrected chi connectivity index (χ1v) is 9.42. The minimum Gasteiger partial charge on any atom is -0.493 e. The van der Waals surface area contributed by atoms with E-state index in [0.717, 1.165) is 0 Å². The van der Waals surface area contributed by atoms with Crippen LogP contribution in [0.4, 0.5) is 0 Å². The van der Waals surface area contributed by atoms with E-state index in [1.54, 1.807) is 42.5 Å². The molecule has 4 rings (SSSR count). The third kappa shape index (κ3) is 3.12. The van der Waals surface area contributed by atoms with Crippen molar-refractivity contribution in [1.82, 2.24) is 0 Å². The topological polar surface area (TPSA) is 108 Å². The lowest BCUT2D eigenvalue weighted by Gasteiger charge is -2.25. The van der Waals surface area contributed by atoms with Crippen molar-refractivity contribution in [2.45, 2.75) is 25.9 Å². The Hall–Kier alpha value is -3.92. The van der Waals surface area contributed by atoms with E-state index in [1.807, 2.05) is 13.8 Å². The lowest BCUT2D eigenvalue weighted by molar-refractivity contribution is 0.230. The Labute approximate surface area is 172 Å². The van der Waals surface area contributed by atoms with Gasteiger partial charge >= 0.3 is 0 Å². The van der Waals surface area contributed by atoms with Gasteiger partial charge in [-0.25, -0.2) is 0 Å². The van der Waals surface area contributed by atoms with E-state index < -0.39 is 5.92 Å². The van der Waals surface area contributed by atoms with Crippen LogP contribution in [0.3, 0.4) is 0 Å². The largest absolute Gasteiger partial charge is 0.493 e. The molecule has 0 spiro atoms. The minimum atomic E-state index is -0.724. The lowest BCUT2D eigenvalue weighted by Crippen LogP contribution is -2.25. The third-order valence-electron chi connectivity index (χ3n) is 4.81. The van der Waals surface area contributed by atoms with E-state index in [0.29, 0.717) is 28.0 Å². The summed E-state index contributed by atoms with van der Waals surface area (Å²) >= 11 is 0. The summed E-state index contributed by atoms with van der Waals surface area (Å²) in [6.45, 7) is 3.83. The molecule has 1 aromatic heterocycles. The second-order valence-corrected chi connectivity index (χ2v) is 7.12. The number of rotatable bonds is 4. The van der Waals surface area contributed by atoms with Crippen LogP contribution in [0.25, 0.3) is 11.0 Å². The lowest BCUT2D eigenvalue weighted by atomic mass is 9.87. The Morgan fingerprint density at radius 1 is 1.17 bits per heavy atom. The summed E-state index contributed by atoms with van der Waals surface area (Å²) in [4.78, 5) is 13.0. The predicted octanol–water partition coefficient (Wildman–Crippen LogP) is 3.81. The maximum absolute atomic E-state index is 13.0. The van der Waals surface area contributed by atoms with Gasteiger partial charge in [0, 0.05) is 0 Å². The molecule has 1 atom stereocenters. The number of nitrogens with two attached hydrogens (primary N) is 1. The first kappa shape index (κ1) is 19.4. The molecule has 0 bridgehead atoms. The maximum atomic E-state index is 13.0. The number of nitriles is 1. The van der Waals surface area contributed by atoms with Gasteiger partial charge in [-0.2, -0.15) is 5.26 Å². The molecule has 0 fully saturated rings. The summed E-state index contributed by atoms with van der Waals surface area (Å²) in [6, 6.07) is 14.2. The molecule has 0 saturated heterocycles. The quantitative estimate of drug-likeness (QED) is 0.704. The molecule has 2 N–H and O–H groups in total. The fourth-order valence-electron chi connectivity index (χ4n) is 3.52. The number of hydrogen-bond acceptors (Lipinski definition) is 7. The Morgan fingerprint density at radius 2 is 1.93 bits per heavy atom. The standard InChI is InChI=1S/C23H20N2O5/c1-12(2)28-17-9-8-13(10-18(17)27-3)19-15(11-24)23(25)30-22-20(26)14-6-4-5-7-16(14)29-21(19)22/h4-10,12,19H,25H2,1-3H3. The van der Waals surface area contributed by atoms with Crippen molar-refractivity contribution < 1.29 is 18.6 Å². The Morgan fingerprint density at radius 3 is 2.63 bits per heavy atom. The fraction of sp³-hybridized carbons (Fsp3) is 0.217. The Balaban J connectivity index is 1.96. The molecule has 0 amide bonds. The molecule has 1 aliphatic rings. The number of methoxy groups -OCH3 is 1. The predicted molar refractivity (Wildman–Crippen MR) is 111 cm³/mol. The van der Waals surface area contributed by atoms with Gasteiger partial charge in [0.15, 0.2) is 17.3 Å². The normalized spacial score (nSPS) is 15.5. The molecular formula is C23H20N2O5. The summed E-state index contributed by atoms with van der Waals surface area (Å²) < 4.78 is 22.8. The molecule has 30 heavy (non-hydrogen) atoms. The smallest absolute Gasteiger partial charge is 0.235 e. The van der Waals surface area contributed by atoms with E-state index in [4.69, 9.17) is 24.4 Å².